The third-order valence-corrected chi connectivity index (χ3v) is 3.33. The molecule has 0 aliphatic heterocycles. The van der Waals surface area contributed by atoms with Crippen LogP contribution in [0.1, 0.15) is 24.2 Å². The first-order chi connectivity index (χ1) is 8.19. The molecule has 1 aromatic carbocycles. The van der Waals surface area contributed by atoms with E-state index in [0.717, 1.165) is 6.42 Å². The zero-order valence-corrected chi connectivity index (χ0v) is 10.7. The van der Waals surface area contributed by atoms with Gasteiger partial charge in [0.15, 0.2) is 0 Å². The maximum atomic E-state index is 5.68. The molecule has 0 saturated heterocycles. The van der Waals surface area contributed by atoms with Gasteiger partial charge in [0.25, 0.3) is 0 Å². The molecular weight excluding hydrogens is 212 g/mol. The van der Waals surface area contributed by atoms with Gasteiger partial charge in [-0.1, -0.05) is 12.1 Å². The van der Waals surface area contributed by atoms with Gasteiger partial charge in [-0.2, -0.15) is 0 Å². The van der Waals surface area contributed by atoms with Gasteiger partial charge in [-0.15, -0.1) is 0 Å². The van der Waals surface area contributed by atoms with E-state index in [-0.39, 0.29) is 6.10 Å². The van der Waals surface area contributed by atoms with E-state index in [9.17, 15) is 0 Å². The second-order valence-electron chi connectivity index (χ2n) is 4.42. The lowest BCUT2D eigenvalue weighted by Crippen LogP contribution is -2.03. The minimum atomic E-state index is 0.109. The average Bonchev–Trinajstić information content (AvgIpc) is 2.66. The number of aromatic nitrogens is 1. The number of nitrogens with two attached hydrogens (primary N) is 1. The van der Waals surface area contributed by atoms with Crippen LogP contribution in [-0.4, -0.2) is 18.2 Å². The largest absolute Gasteiger partial charge is 0.377 e. The van der Waals surface area contributed by atoms with Crippen molar-refractivity contribution < 1.29 is 4.74 Å². The van der Waals surface area contributed by atoms with E-state index in [0.29, 0.717) is 6.54 Å². The van der Waals surface area contributed by atoms with E-state index < -0.39 is 0 Å². The van der Waals surface area contributed by atoms with Gasteiger partial charge in [-0.25, -0.2) is 0 Å². The highest BCUT2D eigenvalue weighted by molar-refractivity contribution is 5.87. The molecule has 3 heteroatoms. The molecule has 0 spiro atoms. The summed E-state index contributed by atoms with van der Waals surface area (Å²) in [6.07, 6.45) is 3.19. The molecule has 2 aromatic rings. The lowest BCUT2D eigenvalue weighted by Gasteiger charge is -2.12. The molecule has 1 atom stereocenters. The predicted molar refractivity (Wildman–Crippen MR) is 71.1 cm³/mol. The molecule has 3 nitrogen and oxygen atoms in total. The Morgan fingerprint density at radius 2 is 2.18 bits per heavy atom. The number of rotatable bonds is 4. The van der Waals surface area contributed by atoms with Crippen LogP contribution in [0.15, 0.2) is 24.4 Å². The summed E-state index contributed by atoms with van der Waals surface area (Å²) >= 11 is 0. The zero-order valence-electron chi connectivity index (χ0n) is 10.7. The van der Waals surface area contributed by atoms with Crippen molar-refractivity contribution in [1.29, 1.82) is 0 Å². The van der Waals surface area contributed by atoms with Crippen LogP contribution in [0.5, 0.6) is 0 Å². The van der Waals surface area contributed by atoms with Crippen LogP contribution in [0.2, 0.25) is 0 Å². The molecule has 0 radical (unpaired) electrons. The highest BCUT2D eigenvalue weighted by Gasteiger charge is 2.14. The summed E-state index contributed by atoms with van der Waals surface area (Å²) in [5.41, 5.74) is 9.48. The van der Waals surface area contributed by atoms with Crippen molar-refractivity contribution in [2.24, 2.45) is 12.8 Å². The Morgan fingerprint density at radius 3 is 2.82 bits per heavy atom. The molecule has 0 aliphatic rings. The smallest absolute Gasteiger partial charge is 0.0799 e. The third kappa shape index (κ3) is 2.08. The maximum absolute atomic E-state index is 5.68. The summed E-state index contributed by atoms with van der Waals surface area (Å²) in [5, 5.41) is 1.30. The van der Waals surface area contributed by atoms with Gasteiger partial charge in [-0.05, 0) is 37.1 Å². The molecule has 0 saturated carbocycles. The minimum Gasteiger partial charge on any atom is -0.377 e. The predicted octanol–water partition coefficient (Wildman–Crippen LogP) is 2.39. The summed E-state index contributed by atoms with van der Waals surface area (Å²) in [4.78, 5) is 0. The van der Waals surface area contributed by atoms with E-state index in [2.05, 4.69) is 42.9 Å². The zero-order chi connectivity index (χ0) is 12.4. The molecule has 0 bridgehead atoms. The molecule has 1 unspecified atom stereocenters. The normalized spacial score (nSPS) is 13.2. The van der Waals surface area contributed by atoms with Crippen molar-refractivity contribution >= 4 is 10.9 Å². The van der Waals surface area contributed by atoms with Crippen LogP contribution in [0.3, 0.4) is 0 Å². The van der Waals surface area contributed by atoms with Gasteiger partial charge in [-0.3, -0.25) is 0 Å². The number of hydrogen-bond donors (Lipinski definition) is 1. The van der Waals surface area contributed by atoms with Gasteiger partial charge < -0.3 is 15.0 Å². The summed E-state index contributed by atoms with van der Waals surface area (Å²) in [6, 6.07) is 6.36. The Labute approximate surface area is 102 Å². The molecule has 0 aliphatic carbocycles. The molecule has 1 heterocycles. The fraction of sp³-hybridized carbons (Fsp3) is 0.429. The summed E-state index contributed by atoms with van der Waals surface area (Å²) in [6.45, 7) is 2.75. The highest BCUT2D eigenvalue weighted by Crippen LogP contribution is 2.30. The fourth-order valence-electron chi connectivity index (χ4n) is 2.38. The molecule has 17 heavy (non-hydrogen) atoms. The Kier molecular flexibility index (Phi) is 3.50. The molecule has 2 N–H and O–H groups in total. The van der Waals surface area contributed by atoms with E-state index in [1.165, 1.54) is 22.0 Å². The number of benzene rings is 1. The van der Waals surface area contributed by atoms with Gasteiger partial charge in [0, 0.05) is 31.3 Å². The van der Waals surface area contributed by atoms with Crippen LogP contribution in [0.4, 0.5) is 0 Å². The Balaban J connectivity index is 2.67. The van der Waals surface area contributed by atoms with Gasteiger partial charge in [0.05, 0.1) is 6.10 Å². The second-order valence-corrected chi connectivity index (χ2v) is 4.42. The van der Waals surface area contributed by atoms with Crippen molar-refractivity contribution in [2.45, 2.75) is 19.4 Å². The van der Waals surface area contributed by atoms with Crippen LogP contribution in [-0.2, 0) is 18.2 Å². The topological polar surface area (TPSA) is 40.2 Å². The molecule has 92 valence electrons. The first-order valence-electron chi connectivity index (χ1n) is 5.98. The lowest BCUT2D eigenvalue weighted by atomic mass is 10.0. The van der Waals surface area contributed by atoms with Crippen molar-refractivity contribution in [3.63, 3.8) is 0 Å². The van der Waals surface area contributed by atoms with Crippen molar-refractivity contribution in [3.05, 3.63) is 35.5 Å². The molecule has 2 rings (SSSR count). The van der Waals surface area contributed by atoms with Gasteiger partial charge in [0.2, 0.25) is 0 Å². The first kappa shape index (κ1) is 12.1. The summed E-state index contributed by atoms with van der Waals surface area (Å²) < 4.78 is 7.61. The van der Waals surface area contributed by atoms with E-state index in [4.69, 9.17) is 10.5 Å². The first-order valence-corrected chi connectivity index (χ1v) is 5.98. The third-order valence-electron chi connectivity index (χ3n) is 3.33. The average molecular weight is 232 g/mol. The number of nitrogens with zero attached hydrogens (tertiary/aromatic N) is 1. The standard InChI is InChI=1S/C14H20N2O/c1-10(17-3)12-5-4-6-13-14(12)11(7-8-15)9-16(13)2/h4-6,9-10H,7-8,15H2,1-3H3. The van der Waals surface area contributed by atoms with E-state index in [1.807, 2.05) is 0 Å². The van der Waals surface area contributed by atoms with Crippen molar-refractivity contribution in [1.82, 2.24) is 4.57 Å². The minimum absolute atomic E-state index is 0.109. The number of ether oxygens (including phenoxy) is 1. The monoisotopic (exact) mass is 232 g/mol. The Morgan fingerprint density at radius 1 is 1.41 bits per heavy atom. The fourth-order valence-corrected chi connectivity index (χ4v) is 2.38. The summed E-state index contributed by atoms with van der Waals surface area (Å²) in [7, 11) is 3.82. The van der Waals surface area contributed by atoms with Gasteiger partial charge >= 0.3 is 0 Å². The number of methoxy groups -OCH3 is 1. The van der Waals surface area contributed by atoms with Gasteiger partial charge in [0.1, 0.15) is 0 Å². The van der Waals surface area contributed by atoms with Crippen LogP contribution >= 0.6 is 0 Å². The number of fused-ring (bicyclic) bond motifs is 1. The number of aryl methyl sites for hydroxylation is 1. The van der Waals surface area contributed by atoms with E-state index >= 15 is 0 Å². The van der Waals surface area contributed by atoms with Crippen molar-refractivity contribution in [3.8, 4) is 0 Å². The Bertz CT molecular complexity index is 516. The second kappa shape index (κ2) is 4.90. The lowest BCUT2D eigenvalue weighted by molar-refractivity contribution is 0.120. The quantitative estimate of drug-likeness (QED) is 0.879. The number of hydrogen-bond acceptors (Lipinski definition) is 2. The summed E-state index contributed by atoms with van der Waals surface area (Å²) in [5.74, 6) is 0. The molecule has 0 amide bonds. The Hall–Kier alpha value is -1.32. The van der Waals surface area contributed by atoms with Crippen LogP contribution in [0, 0.1) is 0 Å². The SMILES string of the molecule is COC(C)c1cccc2c1c(CCN)cn2C. The highest BCUT2D eigenvalue weighted by atomic mass is 16.5. The van der Waals surface area contributed by atoms with Crippen LogP contribution < -0.4 is 5.73 Å². The maximum Gasteiger partial charge on any atom is 0.0799 e. The van der Waals surface area contributed by atoms with Crippen molar-refractivity contribution in [2.75, 3.05) is 13.7 Å². The molecule has 1 aromatic heterocycles. The molecular formula is C14H20N2O. The molecule has 0 fully saturated rings. The van der Waals surface area contributed by atoms with E-state index in [1.54, 1.807) is 7.11 Å². The van der Waals surface area contributed by atoms with Crippen LogP contribution in [0.25, 0.3) is 10.9 Å².